The number of carboxylic acids is 1. The highest BCUT2D eigenvalue weighted by atomic mass is 16.5. The van der Waals surface area contributed by atoms with Crippen molar-refractivity contribution in [3.63, 3.8) is 0 Å². The summed E-state index contributed by atoms with van der Waals surface area (Å²) in [5.74, 6) is -0.936. The molecule has 1 fully saturated rings. The first-order valence-electron chi connectivity index (χ1n) is 6.30. The van der Waals surface area contributed by atoms with Crippen LogP contribution in [0.5, 0.6) is 0 Å². The maximum Gasteiger partial charge on any atom is 0.337 e. The summed E-state index contributed by atoms with van der Waals surface area (Å²) in [4.78, 5) is 14.9. The molecular formula is C13H18N2O3. The first-order chi connectivity index (χ1) is 8.77. The third kappa shape index (κ3) is 3.43. The summed E-state index contributed by atoms with van der Waals surface area (Å²) >= 11 is 0. The number of aromatic carboxylic acids is 1. The SMILES string of the molecule is O=C(O)c1ccncc1NCCC1CCCCO1. The van der Waals surface area contributed by atoms with E-state index in [4.69, 9.17) is 9.84 Å². The van der Waals surface area contributed by atoms with Gasteiger partial charge < -0.3 is 15.2 Å². The number of pyridine rings is 1. The zero-order chi connectivity index (χ0) is 12.8. The second-order valence-electron chi connectivity index (χ2n) is 4.43. The Kier molecular flexibility index (Phi) is 4.52. The fraction of sp³-hybridized carbons (Fsp3) is 0.538. The maximum absolute atomic E-state index is 11.0. The molecule has 0 bridgehead atoms. The third-order valence-electron chi connectivity index (χ3n) is 3.11. The molecule has 2 heterocycles. The Balaban J connectivity index is 1.84. The molecule has 18 heavy (non-hydrogen) atoms. The van der Waals surface area contributed by atoms with Gasteiger partial charge in [0.05, 0.1) is 23.6 Å². The van der Waals surface area contributed by atoms with Crippen LogP contribution in [-0.4, -0.2) is 35.3 Å². The van der Waals surface area contributed by atoms with Gasteiger partial charge in [0.1, 0.15) is 0 Å². The van der Waals surface area contributed by atoms with Gasteiger partial charge >= 0.3 is 5.97 Å². The van der Waals surface area contributed by atoms with Gasteiger partial charge in [0.25, 0.3) is 0 Å². The molecule has 1 saturated heterocycles. The lowest BCUT2D eigenvalue weighted by Crippen LogP contribution is -2.22. The van der Waals surface area contributed by atoms with Crippen molar-refractivity contribution in [1.29, 1.82) is 0 Å². The van der Waals surface area contributed by atoms with Crippen LogP contribution in [0.4, 0.5) is 5.69 Å². The largest absolute Gasteiger partial charge is 0.478 e. The molecule has 1 unspecified atom stereocenters. The molecule has 0 spiro atoms. The standard InChI is InChI=1S/C13H18N2O3/c16-13(17)11-5-6-14-9-12(11)15-7-4-10-3-1-2-8-18-10/h5-6,9-10,15H,1-4,7-8H2,(H,16,17). The van der Waals surface area contributed by atoms with Crippen molar-refractivity contribution in [2.24, 2.45) is 0 Å². The summed E-state index contributed by atoms with van der Waals surface area (Å²) in [7, 11) is 0. The van der Waals surface area contributed by atoms with Gasteiger partial charge in [0.2, 0.25) is 0 Å². The number of rotatable bonds is 5. The van der Waals surface area contributed by atoms with E-state index < -0.39 is 5.97 Å². The molecule has 0 aromatic carbocycles. The molecule has 0 radical (unpaired) electrons. The maximum atomic E-state index is 11.0. The molecule has 0 aliphatic carbocycles. The van der Waals surface area contributed by atoms with Gasteiger partial charge in [-0.05, 0) is 31.7 Å². The van der Waals surface area contributed by atoms with E-state index >= 15 is 0 Å². The van der Waals surface area contributed by atoms with Crippen LogP contribution in [0, 0.1) is 0 Å². The summed E-state index contributed by atoms with van der Waals surface area (Å²) < 4.78 is 5.62. The number of hydrogen-bond donors (Lipinski definition) is 2. The van der Waals surface area contributed by atoms with Crippen LogP contribution in [0.1, 0.15) is 36.0 Å². The second kappa shape index (κ2) is 6.35. The van der Waals surface area contributed by atoms with Gasteiger partial charge in [0, 0.05) is 19.3 Å². The molecule has 5 nitrogen and oxygen atoms in total. The van der Waals surface area contributed by atoms with Crippen molar-refractivity contribution in [3.8, 4) is 0 Å². The van der Waals surface area contributed by atoms with Crippen molar-refractivity contribution in [2.45, 2.75) is 31.8 Å². The summed E-state index contributed by atoms with van der Waals surface area (Å²) in [6, 6.07) is 1.50. The molecule has 98 valence electrons. The third-order valence-corrected chi connectivity index (χ3v) is 3.11. The number of nitrogens with one attached hydrogen (secondary N) is 1. The lowest BCUT2D eigenvalue weighted by molar-refractivity contribution is 0.0134. The Bertz CT molecular complexity index is 403. The molecule has 2 N–H and O–H groups in total. The summed E-state index contributed by atoms with van der Waals surface area (Å²) in [6.07, 6.45) is 7.70. The van der Waals surface area contributed by atoms with Crippen LogP contribution in [0.25, 0.3) is 0 Å². The number of nitrogens with zero attached hydrogens (tertiary/aromatic N) is 1. The lowest BCUT2D eigenvalue weighted by atomic mass is 10.1. The van der Waals surface area contributed by atoms with Gasteiger partial charge in [-0.25, -0.2) is 4.79 Å². The van der Waals surface area contributed by atoms with Gasteiger partial charge in [0.15, 0.2) is 0 Å². The van der Waals surface area contributed by atoms with Crippen LogP contribution in [0.2, 0.25) is 0 Å². The van der Waals surface area contributed by atoms with Crippen LogP contribution >= 0.6 is 0 Å². The monoisotopic (exact) mass is 250 g/mol. The molecule has 2 rings (SSSR count). The molecule has 5 heteroatoms. The quantitative estimate of drug-likeness (QED) is 0.837. The fourth-order valence-electron chi connectivity index (χ4n) is 2.12. The molecule has 1 aliphatic rings. The molecule has 1 atom stereocenters. The normalized spacial score (nSPS) is 19.4. The number of carboxylic acid groups (broad SMARTS) is 1. The fourth-order valence-corrected chi connectivity index (χ4v) is 2.12. The number of aromatic nitrogens is 1. The number of ether oxygens (including phenoxy) is 1. The van der Waals surface area contributed by atoms with Gasteiger partial charge in [-0.3, -0.25) is 4.98 Å². The highest BCUT2D eigenvalue weighted by Gasteiger charge is 2.14. The van der Waals surface area contributed by atoms with E-state index in [0.717, 1.165) is 25.9 Å². The Morgan fingerprint density at radius 3 is 3.17 bits per heavy atom. The lowest BCUT2D eigenvalue weighted by Gasteiger charge is -2.22. The van der Waals surface area contributed by atoms with Gasteiger partial charge in [-0.1, -0.05) is 0 Å². The van der Waals surface area contributed by atoms with E-state index in [1.54, 1.807) is 6.20 Å². The highest BCUT2D eigenvalue weighted by molar-refractivity contribution is 5.93. The van der Waals surface area contributed by atoms with Crippen LogP contribution in [-0.2, 0) is 4.74 Å². The van der Waals surface area contributed by atoms with Gasteiger partial charge in [-0.15, -0.1) is 0 Å². The molecule has 1 aromatic rings. The topological polar surface area (TPSA) is 71.5 Å². The minimum Gasteiger partial charge on any atom is -0.478 e. The van der Waals surface area contributed by atoms with Crippen LogP contribution < -0.4 is 5.32 Å². The summed E-state index contributed by atoms with van der Waals surface area (Å²) in [6.45, 7) is 1.55. The Morgan fingerprint density at radius 1 is 1.56 bits per heavy atom. The number of carbonyl (C=O) groups is 1. The van der Waals surface area contributed by atoms with Crippen LogP contribution in [0.15, 0.2) is 18.5 Å². The summed E-state index contributed by atoms with van der Waals surface area (Å²) in [5, 5.41) is 12.1. The predicted octanol–water partition coefficient (Wildman–Crippen LogP) is 2.15. The Morgan fingerprint density at radius 2 is 2.44 bits per heavy atom. The van der Waals surface area contributed by atoms with Crippen molar-refractivity contribution >= 4 is 11.7 Å². The average molecular weight is 250 g/mol. The van der Waals surface area contributed by atoms with E-state index in [1.165, 1.54) is 18.7 Å². The minimum atomic E-state index is -0.936. The molecule has 0 saturated carbocycles. The predicted molar refractivity (Wildman–Crippen MR) is 67.9 cm³/mol. The van der Waals surface area contributed by atoms with Crippen molar-refractivity contribution in [3.05, 3.63) is 24.0 Å². The zero-order valence-corrected chi connectivity index (χ0v) is 10.3. The van der Waals surface area contributed by atoms with Crippen molar-refractivity contribution < 1.29 is 14.6 Å². The molecular weight excluding hydrogens is 232 g/mol. The molecule has 1 aliphatic heterocycles. The highest BCUT2D eigenvalue weighted by Crippen LogP contribution is 2.17. The van der Waals surface area contributed by atoms with E-state index in [9.17, 15) is 4.79 Å². The minimum absolute atomic E-state index is 0.259. The van der Waals surface area contributed by atoms with E-state index in [-0.39, 0.29) is 5.56 Å². The Labute approximate surface area is 106 Å². The number of anilines is 1. The second-order valence-corrected chi connectivity index (χ2v) is 4.43. The summed E-state index contributed by atoms with van der Waals surface area (Å²) in [5.41, 5.74) is 0.829. The van der Waals surface area contributed by atoms with E-state index in [1.807, 2.05) is 0 Å². The number of hydrogen-bond acceptors (Lipinski definition) is 4. The van der Waals surface area contributed by atoms with E-state index in [0.29, 0.717) is 18.3 Å². The van der Waals surface area contributed by atoms with E-state index in [2.05, 4.69) is 10.3 Å². The van der Waals surface area contributed by atoms with Gasteiger partial charge in [-0.2, -0.15) is 0 Å². The first kappa shape index (κ1) is 12.8. The Hall–Kier alpha value is -1.62. The smallest absolute Gasteiger partial charge is 0.337 e. The molecule has 0 amide bonds. The van der Waals surface area contributed by atoms with Crippen molar-refractivity contribution in [1.82, 2.24) is 4.98 Å². The zero-order valence-electron chi connectivity index (χ0n) is 10.3. The van der Waals surface area contributed by atoms with Crippen molar-refractivity contribution in [2.75, 3.05) is 18.5 Å². The molecule has 1 aromatic heterocycles. The van der Waals surface area contributed by atoms with Crippen LogP contribution in [0.3, 0.4) is 0 Å². The average Bonchev–Trinajstić information content (AvgIpc) is 2.40. The first-order valence-corrected chi connectivity index (χ1v) is 6.30.